The quantitative estimate of drug-likeness (QED) is 0.908. The molecule has 0 radical (unpaired) electrons. The van der Waals surface area contributed by atoms with Crippen molar-refractivity contribution in [1.29, 1.82) is 0 Å². The Labute approximate surface area is 155 Å². The third kappa shape index (κ3) is 4.07. The zero-order chi connectivity index (χ0) is 17.9. The van der Waals surface area contributed by atoms with Gasteiger partial charge in [-0.2, -0.15) is 0 Å². The van der Waals surface area contributed by atoms with E-state index < -0.39 is 0 Å². The third-order valence-electron chi connectivity index (χ3n) is 5.42. The zero-order valence-electron chi connectivity index (χ0n) is 15.4. The Hall–Kier alpha value is -2.33. The highest BCUT2D eigenvalue weighted by Gasteiger charge is 2.37. The van der Waals surface area contributed by atoms with E-state index in [1.807, 2.05) is 42.2 Å². The van der Waals surface area contributed by atoms with Gasteiger partial charge in [-0.15, -0.1) is 0 Å². The van der Waals surface area contributed by atoms with E-state index in [0.717, 1.165) is 43.3 Å². The number of carbonyl (C=O) groups is 1. The summed E-state index contributed by atoms with van der Waals surface area (Å²) in [7, 11) is 0. The molecule has 4 nitrogen and oxygen atoms in total. The van der Waals surface area contributed by atoms with Crippen molar-refractivity contribution in [3.63, 3.8) is 0 Å². The van der Waals surface area contributed by atoms with Gasteiger partial charge in [0, 0.05) is 31.4 Å². The van der Waals surface area contributed by atoms with Gasteiger partial charge < -0.3 is 10.2 Å². The van der Waals surface area contributed by atoms with Gasteiger partial charge in [-0.25, -0.2) is 4.79 Å². The lowest BCUT2D eigenvalue weighted by atomic mass is 10.0. The lowest BCUT2D eigenvalue weighted by Gasteiger charge is -2.41. The minimum Gasteiger partial charge on any atom is -0.319 e. The predicted molar refractivity (Wildman–Crippen MR) is 105 cm³/mol. The molecule has 1 saturated carbocycles. The van der Waals surface area contributed by atoms with Gasteiger partial charge in [-0.3, -0.25) is 4.90 Å². The van der Waals surface area contributed by atoms with Crippen molar-refractivity contribution in [2.75, 3.05) is 25.0 Å². The Balaban J connectivity index is 1.48. The molecule has 1 unspecified atom stereocenters. The van der Waals surface area contributed by atoms with Crippen LogP contribution in [-0.4, -0.2) is 47.5 Å². The molecule has 0 aromatic heterocycles. The van der Waals surface area contributed by atoms with Crippen LogP contribution in [0, 0.1) is 6.92 Å². The van der Waals surface area contributed by atoms with E-state index in [9.17, 15) is 4.79 Å². The predicted octanol–water partition coefficient (Wildman–Crippen LogP) is 3.92. The molecule has 4 rings (SSSR count). The van der Waals surface area contributed by atoms with E-state index in [-0.39, 0.29) is 12.1 Å². The number of hydrogen-bond acceptors (Lipinski definition) is 2. The highest BCUT2D eigenvalue weighted by Crippen LogP contribution is 2.29. The van der Waals surface area contributed by atoms with Gasteiger partial charge in [0.05, 0.1) is 6.04 Å². The molecular weight excluding hydrogens is 322 g/mol. The minimum atomic E-state index is 0.0204. The highest BCUT2D eigenvalue weighted by atomic mass is 16.2. The van der Waals surface area contributed by atoms with E-state index in [1.165, 1.54) is 18.4 Å². The first kappa shape index (κ1) is 17.1. The summed E-state index contributed by atoms with van der Waals surface area (Å²) in [6.07, 6.45) is 3.53. The molecule has 136 valence electrons. The summed E-state index contributed by atoms with van der Waals surface area (Å²) in [6.45, 7) is 4.80. The molecule has 0 bridgehead atoms. The second-order valence-electron chi connectivity index (χ2n) is 7.56. The van der Waals surface area contributed by atoms with Crippen LogP contribution in [0.25, 0.3) is 0 Å². The van der Waals surface area contributed by atoms with Gasteiger partial charge >= 0.3 is 6.03 Å². The number of amides is 2. The van der Waals surface area contributed by atoms with Crippen LogP contribution in [-0.2, 0) is 6.42 Å². The molecule has 1 atom stereocenters. The van der Waals surface area contributed by atoms with Crippen LogP contribution in [0.4, 0.5) is 10.5 Å². The van der Waals surface area contributed by atoms with Crippen molar-refractivity contribution in [2.45, 2.75) is 38.3 Å². The molecule has 1 N–H and O–H groups in total. The minimum absolute atomic E-state index is 0.0204. The normalized spacial score (nSPS) is 20.8. The Morgan fingerprint density at radius 2 is 1.88 bits per heavy atom. The number of hydrogen-bond donors (Lipinski definition) is 1. The summed E-state index contributed by atoms with van der Waals surface area (Å²) in [5, 5.41) is 3.10. The first-order valence-electron chi connectivity index (χ1n) is 9.61. The van der Waals surface area contributed by atoms with Gasteiger partial charge in [0.25, 0.3) is 0 Å². The number of aryl methyl sites for hydroxylation is 1. The van der Waals surface area contributed by atoms with E-state index in [2.05, 4.69) is 34.5 Å². The molecule has 2 fully saturated rings. The lowest BCUT2D eigenvalue weighted by Crippen LogP contribution is -2.57. The molecule has 1 aliphatic heterocycles. The molecule has 0 spiro atoms. The Kier molecular flexibility index (Phi) is 4.93. The van der Waals surface area contributed by atoms with Crippen LogP contribution in [0.15, 0.2) is 54.6 Å². The fourth-order valence-corrected chi connectivity index (χ4v) is 3.90. The largest absolute Gasteiger partial charge is 0.322 e. The molecular formula is C22H27N3O. The second kappa shape index (κ2) is 7.50. The summed E-state index contributed by atoms with van der Waals surface area (Å²) in [5.74, 6) is 0. The smallest absolute Gasteiger partial charge is 0.319 e. The maximum Gasteiger partial charge on any atom is 0.322 e. The fraction of sp³-hybridized carbons (Fsp3) is 0.409. The lowest BCUT2D eigenvalue weighted by molar-refractivity contribution is 0.0954. The number of rotatable bonds is 4. The van der Waals surface area contributed by atoms with Crippen LogP contribution in [0.1, 0.15) is 24.0 Å². The molecule has 26 heavy (non-hydrogen) atoms. The molecule has 1 saturated heterocycles. The van der Waals surface area contributed by atoms with Gasteiger partial charge in [-0.05, 0) is 49.4 Å². The molecule has 2 aromatic carbocycles. The van der Waals surface area contributed by atoms with E-state index in [0.29, 0.717) is 0 Å². The summed E-state index contributed by atoms with van der Waals surface area (Å²) in [5.41, 5.74) is 3.32. The number of nitrogens with zero attached hydrogens (tertiary/aromatic N) is 2. The number of urea groups is 1. The number of piperazine rings is 1. The highest BCUT2D eigenvalue weighted by molar-refractivity contribution is 5.89. The molecule has 2 aliphatic rings. The van der Waals surface area contributed by atoms with Gasteiger partial charge in [0.2, 0.25) is 0 Å². The summed E-state index contributed by atoms with van der Waals surface area (Å²) < 4.78 is 0. The van der Waals surface area contributed by atoms with E-state index in [1.54, 1.807) is 0 Å². The van der Waals surface area contributed by atoms with Gasteiger partial charge in [0.15, 0.2) is 0 Å². The van der Waals surface area contributed by atoms with Crippen molar-refractivity contribution in [2.24, 2.45) is 0 Å². The summed E-state index contributed by atoms with van der Waals surface area (Å²) in [4.78, 5) is 17.6. The molecule has 1 heterocycles. The second-order valence-corrected chi connectivity index (χ2v) is 7.56. The Bertz CT molecular complexity index is 757. The fourth-order valence-electron chi connectivity index (χ4n) is 3.90. The first-order chi connectivity index (χ1) is 12.7. The Morgan fingerprint density at radius 3 is 2.62 bits per heavy atom. The number of anilines is 1. The summed E-state index contributed by atoms with van der Waals surface area (Å²) in [6, 6.07) is 19.5. The van der Waals surface area contributed by atoms with Crippen molar-refractivity contribution in [3.8, 4) is 0 Å². The molecule has 2 amide bonds. The first-order valence-corrected chi connectivity index (χ1v) is 9.61. The van der Waals surface area contributed by atoms with E-state index in [4.69, 9.17) is 0 Å². The van der Waals surface area contributed by atoms with Crippen molar-refractivity contribution in [3.05, 3.63) is 65.7 Å². The van der Waals surface area contributed by atoms with Crippen molar-refractivity contribution in [1.82, 2.24) is 9.80 Å². The standard InChI is InChI=1S/C22H27N3O/c1-17-6-5-9-19(14-17)23-22(26)25-13-12-24(20-10-11-20)16-21(25)15-18-7-3-2-4-8-18/h2-9,14,20-21H,10-13,15-16H2,1H3,(H,23,26). The van der Waals surface area contributed by atoms with Crippen LogP contribution in [0.2, 0.25) is 0 Å². The summed E-state index contributed by atoms with van der Waals surface area (Å²) >= 11 is 0. The van der Waals surface area contributed by atoms with E-state index >= 15 is 0 Å². The maximum atomic E-state index is 13.0. The van der Waals surface area contributed by atoms with Crippen LogP contribution >= 0.6 is 0 Å². The molecule has 4 heteroatoms. The SMILES string of the molecule is Cc1cccc(NC(=O)N2CCN(C3CC3)CC2Cc2ccccc2)c1. The van der Waals surface area contributed by atoms with Gasteiger partial charge in [-0.1, -0.05) is 42.5 Å². The van der Waals surface area contributed by atoms with Crippen molar-refractivity contribution < 1.29 is 4.79 Å². The van der Waals surface area contributed by atoms with Gasteiger partial charge in [0.1, 0.15) is 0 Å². The van der Waals surface area contributed by atoms with Crippen LogP contribution in [0.5, 0.6) is 0 Å². The number of nitrogens with one attached hydrogen (secondary N) is 1. The average Bonchev–Trinajstić information content (AvgIpc) is 3.48. The van der Waals surface area contributed by atoms with Crippen LogP contribution in [0.3, 0.4) is 0 Å². The number of carbonyl (C=O) groups excluding carboxylic acids is 1. The van der Waals surface area contributed by atoms with Crippen molar-refractivity contribution >= 4 is 11.7 Å². The molecule has 1 aliphatic carbocycles. The monoisotopic (exact) mass is 349 g/mol. The molecule has 2 aromatic rings. The Morgan fingerprint density at radius 1 is 1.08 bits per heavy atom. The number of benzene rings is 2. The topological polar surface area (TPSA) is 35.6 Å². The third-order valence-corrected chi connectivity index (χ3v) is 5.42. The zero-order valence-corrected chi connectivity index (χ0v) is 15.4. The van der Waals surface area contributed by atoms with Crippen LogP contribution < -0.4 is 5.32 Å². The maximum absolute atomic E-state index is 13.0. The average molecular weight is 349 g/mol.